The van der Waals surface area contributed by atoms with E-state index >= 15 is 0 Å². The number of aromatic nitrogens is 1. The number of carbonyl (C=O) groups excluding carboxylic acids is 2. The molecule has 2 N–H and O–H groups in total. The molecule has 1 aromatic heterocycles. The van der Waals surface area contributed by atoms with Gasteiger partial charge in [-0.2, -0.15) is 0 Å². The Morgan fingerprint density at radius 3 is 2.52 bits per heavy atom. The molecule has 0 spiro atoms. The monoisotopic (exact) mass is 339 g/mol. The predicted octanol–water partition coefficient (Wildman–Crippen LogP) is 1.14. The van der Waals surface area contributed by atoms with Gasteiger partial charge in [0.05, 0.1) is 6.04 Å². The molecule has 8 heteroatoms. The van der Waals surface area contributed by atoms with Crippen LogP contribution in [0.15, 0.2) is 11.6 Å². The third-order valence-electron chi connectivity index (χ3n) is 3.84. The maximum Gasteiger partial charge on any atom is 0.321 e. The van der Waals surface area contributed by atoms with E-state index < -0.39 is 6.03 Å². The van der Waals surface area contributed by atoms with Gasteiger partial charge in [-0.1, -0.05) is 13.8 Å². The van der Waals surface area contributed by atoms with Gasteiger partial charge in [0.25, 0.3) is 0 Å². The van der Waals surface area contributed by atoms with Crippen molar-refractivity contribution in [1.82, 2.24) is 20.5 Å². The molecule has 1 atom stereocenters. The summed E-state index contributed by atoms with van der Waals surface area (Å²) in [5.41, 5.74) is 0. The molecular weight excluding hydrogens is 314 g/mol. The maximum absolute atomic E-state index is 12.2. The largest absolute Gasteiger partial charge is 0.346 e. The number of anilines is 1. The Morgan fingerprint density at radius 1 is 1.26 bits per heavy atom. The van der Waals surface area contributed by atoms with E-state index in [0.29, 0.717) is 12.5 Å². The quantitative estimate of drug-likeness (QED) is 0.841. The lowest BCUT2D eigenvalue weighted by atomic mass is 10.2. The number of nitrogens with zero attached hydrogens (tertiary/aromatic N) is 3. The number of piperazine rings is 1. The van der Waals surface area contributed by atoms with E-state index in [0.717, 1.165) is 31.3 Å². The number of hydrogen-bond donors (Lipinski definition) is 2. The van der Waals surface area contributed by atoms with Crippen LogP contribution in [0, 0.1) is 5.92 Å². The van der Waals surface area contributed by atoms with E-state index in [-0.39, 0.29) is 11.9 Å². The van der Waals surface area contributed by atoms with Gasteiger partial charge in [-0.25, -0.2) is 9.78 Å². The second kappa shape index (κ2) is 8.26. The highest BCUT2D eigenvalue weighted by atomic mass is 32.1. The Balaban J connectivity index is 1.76. The van der Waals surface area contributed by atoms with E-state index in [2.05, 4.69) is 25.4 Å². The molecule has 0 saturated carbocycles. The van der Waals surface area contributed by atoms with Crippen molar-refractivity contribution in [2.75, 3.05) is 37.6 Å². The molecule has 1 aromatic rings. The van der Waals surface area contributed by atoms with Crippen LogP contribution in [0.4, 0.5) is 9.93 Å². The molecule has 3 amide bonds. The average Bonchev–Trinajstić information content (AvgIpc) is 3.06. The van der Waals surface area contributed by atoms with Gasteiger partial charge >= 0.3 is 6.03 Å². The van der Waals surface area contributed by atoms with E-state index in [1.54, 1.807) is 17.5 Å². The summed E-state index contributed by atoms with van der Waals surface area (Å²) in [4.78, 5) is 32.5. The third-order valence-corrected chi connectivity index (χ3v) is 4.67. The first-order valence-corrected chi connectivity index (χ1v) is 8.82. The molecule has 1 saturated heterocycles. The Hall–Kier alpha value is -1.67. The number of imide groups is 1. The Morgan fingerprint density at radius 2 is 1.96 bits per heavy atom. The minimum Gasteiger partial charge on any atom is -0.346 e. The highest BCUT2D eigenvalue weighted by Gasteiger charge is 2.27. The van der Waals surface area contributed by atoms with Crippen LogP contribution in [0.2, 0.25) is 0 Å². The predicted molar refractivity (Wildman–Crippen MR) is 91.7 cm³/mol. The normalized spacial score (nSPS) is 17.1. The highest BCUT2D eigenvalue weighted by Crippen LogP contribution is 2.19. The molecule has 0 aliphatic carbocycles. The molecule has 2 heterocycles. The maximum atomic E-state index is 12.2. The minimum absolute atomic E-state index is 0.256. The molecule has 0 radical (unpaired) electrons. The molecule has 23 heavy (non-hydrogen) atoms. The van der Waals surface area contributed by atoms with Crippen LogP contribution in [0.25, 0.3) is 0 Å². The zero-order valence-electron chi connectivity index (χ0n) is 13.9. The summed E-state index contributed by atoms with van der Waals surface area (Å²) in [6.45, 7) is 9.64. The average molecular weight is 339 g/mol. The van der Waals surface area contributed by atoms with Crippen molar-refractivity contribution in [1.29, 1.82) is 0 Å². The van der Waals surface area contributed by atoms with Crippen molar-refractivity contribution in [3.63, 3.8) is 0 Å². The van der Waals surface area contributed by atoms with E-state index in [4.69, 9.17) is 0 Å². The number of carbonyl (C=O) groups is 2. The Kier molecular flexibility index (Phi) is 6.35. The molecular formula is C15H25N5O2S. The van der Waals surface area contributed by atoms with Crippen LogP contribution in [-0.2, 0) is 4.79 Å². The van der Waals surface area contributed by atoms with Crippen LogP contribution in [0.3, 0.4) is 0 Å². The summed E-state index contributed by atoms with van der Waals surface area (Å²) in [6, 6.07) is -0.741. The fourth-order valence-electron chi connectivity index (χ4n) is 2.40. The lowest BCUT2D eigenvalue weighted by Gasteiger charge is -2.37. The molecule has 1 aliphatic heterocycles. The lowest BCUT2D eigenvalue weighted by molar-refractivity contribution is -0.124. The Bertz CT molecular complexity index is 512. The molecule has 7 nitrogen and oxygen atoms in total. The standard InChI is InChI=1S/C15H25N5O2S/c1-11(2)10-17-14(22)18-13(21)12(3)19-5-7-20(8-6-19)15-16-4-9-23-15/h4,9,11-12H,5-8,10H2,1-3H3,(H2,17,18,21,22)/t12-/m1/s1. The highest BCUT2D eigenvalue weighted by molar-refractivity contribution is 7.13. The summed E-state index contributed by atoms with van der Waals surface area (Å²) in [7, 11) is 0. The topological polar surface area (TPSA) is 77.6 Å². The van der Waals surface area contributed by atoms with Crippen LogP contribution < -0.4 is 15.5 Å². The van der Waals surface area contributed by atoms with E-state index in [9.17, 15) is 9.59 Å². The summed E-state index contributed by atoms with van der Waals surface area (Å²) >= 11 is 1.63. The summed E-state index contributed by atoms with van der Waals surface area (Å²) in [6.07, 6.45) is 1.80. The first-order chi connectivity index (χ1) is 11.0. The summed E-state index contributed by atoms with van der Waals surface area (Å²) < 4.78 is 0. The van der Waals surface area contributed by atoms with Crippen molar-refractivity contribution in [3.8, 4) is 0 Å². The van der Waals surface area contributed by atoms with Crippen LogP contribution in [0.5, 0.6) is 0 Å². The van der Waals surface area contributed by atoms with Gasteiger partial charge < -0.3 is 10.2 Å². The molecule has 0 unspecified atom stereocenters. The number of amides is 3. The zero-order chi connectivity index (χ0) is 16.8. The second-order valence-corrected chi connectivity index (χ2v) is 6.98. The van der Waals surface area contributed by atoms with Crippen LogP contribution in [0.1, 0.15) is 20.8 Å². The van der Waals surface area contributed by atoms with Gasteiger partial charge in [0.15, 0.2) is 5.13 Å². The summed E-state index contributed by atoms with van der Waals surface area (Å²) in [5, 5.41) is 8.10. The number of rotatable bonds is 5. The molecule has 0 bridgehead atoms. The van der Waals surface area contributed by atoms with Gasteiger partial charge in [-0.3, -0.25) is 15.0 Å². The zero-order valence-corrected chi connectivity index (χ0v) is 14.7. The third kappa shape index (κ3) is 5.18. The molecule has 2 rings (SSSR count). The molecule has 1 fully saturated rings. The lowest BCUT2D eigenvalue weighted by Crippen LogP contribution is -2.55. The van der Waals surface area contributed by atoms with Crippen molar-refractivity contribution in [2.24, 2.45) is 5.92 Å². The molecule has 0 aromatic carbocycles. The smallest absolute Gasteiger partial charge is 0.321 e. The fraction of sp³-hybridized carbons (Fsp3) is 0.667. The van der Waals surface area contributed by atoms with Crippen molar-refractivity contribution in [2.45, 2.75) is 26.8 Å². The van der Waals surface area contributed by atoms with E-state index in [1.807, 2.05) is 26.2 Å². The number of hydrogen-bond acceptors (Lipinski definition) is 6. The van der Waals surface area contributed by atoms with Crippen molar-refractivity contribution < 1.29 is 9.59 Å². The summed E-state index contributed by atoms with van der Waals surface area (Å²) in [5.74, 6) is 0.0983. The molecule has 128 valence electrons. The number of urea groups is 1. The van der Waals surface area contributed by atoms with Gasteiger partial charge in [0, 0.05) is 44.3 Å². The fourth-order valence-corrected chi connectivity index (χ4v) is 3.09. The first-order valence-electron chi connectivity index (χ1n) is 7.94. The van der Waals surface area contributed by atoms with Crippen LogP contribution in [-0.4, -0.2) is 60.6 Å². The number of thiazole rings is 1. The van der Waals surface area contributed by atoms with Gasteiger partial charge in [-0.05, 0) is 12.8 Å². The first kappa shape index (κ1) is 17.7. The van der Waals surface area contributed by atoms with E-state index in [1.165, 1.54) is 0 Å². The van der Waals surface area contributed by atoms with Crippen molar-refractivity contribution in [3.05, 3.63) is 11.6 Å². The van der Waals surface area contributed by atoms with Crippen molar-refractivity contribution >= 4 is 28.4 Å². The minimum atomic E-state index is -0.419. The van der Waals surface area contributed by atoms with Crippen LogP contribution >= 0.6 is 11.3 Å². The number of nitrogens with one attached hydrogen (secondary N) is 2. The molecule has 1 aliphatic rings. The SMILES string of the molecule is CC(C)CNC(=O)NC(=O)[C@@H](C)N1CCN(c2nccs2)CC1. The second-order valence-electron chi connectivity index (χ2n) is 6.11. The Labute approximate surface area is 141 Å². The van der Waals surface area contributed by atoms with Gasteiger partial charge in [-0.15, -0.1) is 11.3 Å². The van der Waals surface area contributed by atoms with Gasteiger partial charge in [0.1, 0.15) is 0 Å². The van der Waals surface area contributed by atoms with Gasteiger partial charge in [0.2, 0.25) is 5.91 Å².